The summed E-state index contributed by atoms with van der Waals surface area (Å²) in [5.74, 6) is 0. The molecule has 0 N–H and O–H groups in total. The molecular formula is C13H26O. The Kier molecular flexibility index (Phi) is 10.5. The van der Waals surface area contributed by atoms with Crippen molar-refractivity contribution in [2.45, 2.75) is 58.8 Å². The largest absolute Gasteiger partial charge is 0.381 e. The van der Waals surface area contributed by atoms with Gasteiger partial charge in [0.25, 0.3) is 0 Å². The van der Waals surface area contributed by atoms with E-state index < -0.39 is 0 Å². The first kappa shape index (κ1) is 13.7. The highest BCUT2D eigenvalue weighted by Gasteiger charge is 1.92. The van der Waals surface area contributed by atoms with Crippen molar-refractivity contribution in [2.75, 3.05) is 13.7 Å². The zero-order valence-electron chi connectivity index (χ0n) is 10.1. The van der Waals surface area contributed by atoms with Crippen molar-refractivity contribution >= 4 is 0 Å². The molecule has 0 saturated carbocycles. The van der Waals surface area contributed by atoms with Gasteiger partial charge in [-0.1, -0.05) is 50.7 Å². The van der Waals surface area contributed by atoms with Crippen LogP contribution in [-0.4, -0.2) is 13.7 Å². The second-order valence-electron chi connectivity index (χ2n) is 4.02. The molecule has 0 aromatic rings. The van der Waals surface area contributed by atoms with Crippen molar-refractivity contribution in [1.29, 1.82) is 0 Å². The first-order valence-electron chi connectivity index (χ1n) is 5.95. The van der Waals surface area contributed by atoms with Gasteiger partial charge in [0.2, 0.25) is 0 Å². The molecule has 0 amide bonds. The normalized spacial score (nSPS) is 12.1. The Morgan fingerprint density at radius 1 is 1.07 bits per heavy atom. The van der Waals surface area contributed by atoms with Crippen molar-refractivity contribution in [3.8, 4) is 0 Å². The summed E-state index contributed by atoms with van der Waals surface area (Å²) in [5, 5.41) is 0. The summed E-state index contributed by atoms with van der Waals surface area (Å²) >= 11 is 0. The van der Waals surface area contributed by atoms with E-state index in [0.29, 0.717) is 0 Å². The Balaban J connectivity index is 3.18. The molecule has 0 rings (SSSR count). The number of allylic oxidation sites excluding steroid dienone is 1. The van der Waals surface area contributed by atoms with Gasteiger partial charge in [-0.2, -0.15) is 0 Å². The van der Waals surface area contributed by atoms with E-state index in [4.69, 9.17) is 4.74 Å². The summed E-state index contributed by atoms with van der Waals surface area (Å²) in [5.41, 5.74) is 1.47. The van der Waals surface area contributed by atoms with Gasteiger partial charge in [0.15, 0.2) is 0 Å². The molecule has 0 aliphatic rings. The molecule has 0 radical (unpaired) electrons. The number of ether oxygens (including phenoxy) is 1. The van der Waals surface area contributed by atoms with Crippen molar-refractivity contribution in [1.82, 2.24) is 0 Å². The van der Waals surface area contributed by atoms with E-state index in [9.17, 15) is 0 Å². The summed E-state index contributed by atoms with van der Waals surface area (Å²) < 4.78 is 5.00. The monoisotopic (exact) mass is 198 g/mol. The van der Waals surface area contributed by atoms with E-state index in [1.54, 1.807) is 7.11 Å². The second kappa shape index (κ2) is 10.8. The van der Waals surface area contributed by atoms with E-state index in [2.05, 4.69) is 19.9 Å². The van der Waals surface area contributed by atoms with Crippen LogP contribution in [0.5, 0.6) is 0 Å². The van der Waals surface area contributed by atoms with Gasteiger partial charge >= 0.3 is 0 Å². The predicted molar refractivity (Wildman–Crippen MR) is 63.6 cm³/mol. The number of hydrogen-bond acceptors (Lipinski definition) is 1. The van der Waals surface area contributed by atoms with Crippen LogP contribution in [0.3, 0.4) is 0 Å². The zero-order valence-corrected chi connectivity index (χ0v) is 10.1. The topological polar surface area (TPSA) is 9.23 Å². The van der Waals surface area contributed by atoms with Gasteiger partial charge in [-0.05, 0) is 19.8 Å². The molecule has 0 bridgehead atoms. The Morgan fingerprint density at radius 2 is 1.71 bits per heavy atom. The van der Waals surface area contributed by atoms with Crippen LogP contribution in [0.4, 0.5) is 0 Å². The molecule has 0 aliphatic heterocycles. The number of rotatable bonds is 9. The molecule has 14 heavy (non-hydrogen) atoms. The third-order valence-electron chi connectivity index (χ3n) is 2.52. The zero-order chi connectivity index (χ0) is 10.6. The van der Waals surface area contributed by atoms with Crippen LogP contribution in [0.2, 0.25) is 0 Å². The van der Waals surface area contributed by atoms with Crippen molar-refractivity contribution in [2.24, 2.45) is 0 Å². The van der Waals surface area contributed by atoms with Crippen molar-refractivity contribution in [3.63, 3.8) is 0 Å². The van der Waals surface area contributed by atoms with E-state index >= 15 is 0 Å². The standard InChI is InChI=1S/C13H26O/c1-4-5-6-7-8-9-10-13(2)11-12-14-3/h11H,4-10,12H2,1-3H3. The fourth-order valence-electron chi connectivity index (χ4n) is 1.51. The van der Waals surface area contributed by atoms with Gasteiger partial charge in [-0.15, -0.1) is 0 Å². The van der Waals surface area contributed by atoms with Gasteiger partial charge in [0.1, 0.15) is 0 Å². The maximum atomic E-state index is 5.00. The van der Waals surface area contributed by atoms with Gasteiger partial charge in [0, 0.05) is 7.11 Å². The molecular weight excluding hydrogens is 172 g/mol. The summed E-state index contributed by atoms with van der Waals surface area (Å²) in [4.78, 5) is 0. The smallest absolute Gasteiger partial charge is 0.0646 e. The Labute approximate surface area is 89.5 Å². The average Bonchev–Trinajstić information content (AvgIpc) is 2.20. The fraction of sp³-hybridized carbons (Fsp3) is 0.846. The van der Waals surface area contributed by atoms with Gasteiger partial charge in [-0.3, -0.25) is 0 Å². The van der Waals surface area contributed by atoms with Crippen LogP contribution < -0.4 is 0 Å². The van der Waals surface area contributed by atoms with Crippen molar-refractivity contribution in [3.05, 3.63) is 11.6 Å². The number of methoxy groups -OCH3 is 1. The Bertz CT molecular complexity index is 138. The van der Waals surface area contributed by atoms with E-state index in [0.717, 1.165) is 6.61 Å². The minimum Gasteiger partial charge on any atom is -0.381 e. The minimum atomic E-state index is 0.766. The third-order valence-corrected chi connectivity index (χ3v) is 2.52. The first-order valence-corrected chi connectivity index (χ1v) is 5.95. The highest BCUT2D eigenvalue weighted by molar-refractivity contribution is 4.97. The van der Waals surface area contributed by atoms with Crippen LogP contribution in [0.15, 0.2) is 11.6 Å². The average molecular weight is 198 g/mol. The van der Waals surface area contributed by atoms with Crippen LogP contribution in [-0.2, 0) is 4.74 Å². The van der Waals surface area contributed by atoms with Gasteiger partial charge in [-0.25, -0.2) is 0 Å². The Hall–Kier alpha value is -0.300. The highest BCUT2D eigenvalue weighted by Crippen LogP contribution is 2.11. The van der Waals surface area contributed by atoms with Crippen LogP contribution in [0, 0.1) is 0 Å². The molecule has 0 heterocycles. The number of unbranched alkanes of at least 4 members (excludes halogenated alkanes) is 5. The van der Waals surface area contributed by atoms with E-state index in [-0.39, 0.29) is 0 Å². The summed E-state index contributed by atoms with van der Waals surface area (Å²) in [6, 6.07) is 0. The molecule has 0 aliphatic carbocycles. The van der Waals surface area contributed by atoms with Gasteiger partial charge < -0.3 is 4.74 Å². The quantitative estimate of drug-likeness (QED) is 0.396. The molecule has 0 aromatic carbocycles. The molecule has 0 unspecified atom stereocenters. The SMILES string of the molecule is CCCCCCCCC(C)=CCOC. The summed E-state index contributed by atoms with van der Waals surface area (Å²) in [6.45, 7) is 5.23. The minimum absolute atomic E-state index is 0.766. The fourth-order valence-corrected chi connectivity index (χ4v) is 1.51. The molecule has 1 nitrogen and oxygen atoms in total. The van der Waals surface area contributed by atoms with Gasteiger partial charge in [0.05, 0.1) is 6.61 Å². The van der Waals surface area contributed by atoms with Crippen molar-refractivity contribution < 1.29 is 4.74 Å². The molecule has 0 aromatic heterocycles. The summed E-state index contributed by atoms with van der Waals surface area (Å²) in [7, 11) is 1.74. The molecule has 84 valence electrons. The maximum Gasteiger partial charge on any atom is 0.0646 e. The molecule has 0 saturated heterocycles. The maximum absolute atomic E-state index is 5.00. The lowest BCUT2D eigenvalue weighted by atomic mass is 10.1. The first-order chi connectivity index (χ1) is 6.81. The molecule has 0 fully saturated rings. The lowest BCUT2D eigenvalue weighted by Crippen LogP contribution is -1.86. The van der Waals surface area contributed by atoms with Crippen LogP contribution in [0.1, 0.15) is 58.8 Å². The lowest BCUT2D eigenvalue weighted by molar-refractivity contribution is 0.233. The predicted octanol–water partition coefficient (Wildman–Crippen LogP) is 4.33. The van der Waals surface area contributed by atoms with E-state index in [1.165, 1.54) is 50.5 Å². The van der Waals surface area contributed by atoms with E-state index in [1.807, 2.05) is 0 Å². The molecule has 1 heteroatoms. The third kappa shape index (κ3) is 9.79. The Morgan fingerprint density at radius 3 is 2.36 bits per heavy atom. The van der Waals surface area contributed by atoms with Crippen LogP contribution >= 0.6 is 0 Å². The second-order valence-corrected chi connectivity index (χ2v) is 4.02. The number of hydrogen-bond donors (Lipinski definition) is 0. The highest BCUT2D eigenvalue weighted by atomic mass is 16.5. The van der Waals surface area contributed by atoms with Crippen LogP contribution in [0.25, 0.3) is 0 Å². The molecule has 0 atom stereocenters. The molecule has 0 spiro atoms. The summed E-state index contributed by atoms with van der Waals surface area (Å²) in [6.07, 6.45) is 11.7. The lowest BCUT2D eigenvalue weighted by Gasteiger charge is -2.01.